The molecule has 8 nitrogen and oxygen atoms in total. The summed E-state index contributed by atoms with van der Waals surface area (Å²) < 4.78 is 5.68. The highest BCUT2D eigenvalue weighted by atomic mass is 32.2. The van der Waals surface area contributed by atoms with Crippen molar-refractivity contribution in [1.29, 1.82) is 0 Å². The Balaban J connectivity index is 1.70. The molecule has 1 amide bonds. The fourth-order valence-corrected chi connectivity index (χ4v) is 6.05. The molecule has 3 rings (SSSR count). The van der Waals surface area contributed by atoms with Crippen molar-refractivity contribution < 1.29 is 34.8 Å². The van der Waals surface area contributed by atoms with Gasteiger partial charge in [-0.15, -0.1) is 11.8 Å². The third kappa shape index (κ3) is 5.35. The van der Waals surface area contributed by atoms with E-state index in [0.717, 1.165) is 12.8 Å². The summed E-state index contributed by atoms with van der Waals surface area (Å²) in [6, 6.07) is 6.60. The van der Waals surface area contributed by atoms with Crippen molar-refractivity contribution in [2.45, 2.75) is 81.2 Å². The Bertz CT molecular complexity index is 830. The van der Waals surface area contributed by atoms with Crippen LogP contribution in [0.4, 0.5) is 0 Å². The fraction of sp³-hybridized carbons (Fsp3) is 0.652. The molecule has 5 unspecified atom stereocenters. The van der Waals surface area contributed by atoms with Crippen molar-refractivity contribution in [3.05, 3.63) is 35.4 Å². The van der Waals surface area contributed by atoms with Crippen LogP contribution in [0.15, 0.2) is 24.3 Å². The summed E-state index contributed by atoms with van der Waals surface area (Å²) >= 11 is 1.36. The molecule has 9 heteroatoms. The Kier molecular flexibility index (Phi) is 8.01. The summed E-state index contributed by atoms with van der Waals surface area (Å²) in [6.45, 7) is 5.18. The van der Waals surface area contributed by atoms with Crippen molar-refractivity contribution in [2.24, 2.45) is 5.41 Å². The monoisotopic (exact) mass is 467 g/mol. The molecule has 0 spiro atoms. The van der Waals surface area contributed by atoms with Crippen molar-refractivity contribution in [2.75, 3.05) is 6.61 Å². The summed E-state index contributed by atoms with van der Waals surface area (Å²) in [5.41, 5.74) is -0.207. The van der Waals surface area contributed by atoms with Gasteiger partial charge in [-0.1, -0.05) is 32.0 Å². The quantitative estimate of drug-likeness (QED) is 0.393. The number of aliphatic hydroxyl groups excluding tert-OH is 4. The van der Waals surface area contributed by atoms with Crippen LogP contribution in [-0.2, 0) is 4.74 Å². The van der Waals surface area contributed by atoms with E-state index in [-0.39, 0.29) is 28.4 Å². The van der Waals surface area contributed by atoms with E-state index in [4.69, 9.17) is 4.74 Å². The van der Waals surface area contributed by atoms with Gasteiger partial charge in [0, 0.05) is 16.9 Å². The van der Waals surface area contributed by atoms with Gasteiger partial charge in [0.2, 0.25) is 0 Å². The Morgan fingerprint density at radius 2 is 1.78 bits per heavy atom. The third-order valence-corrected chi connectivity index (χ3v) is 8.36. The van der Waals surface area contributed by atoms with E-state index in [9.17, 15) is 30.0 Å². The second-order valence-corrected chi connectivity index (χ2v) is 10.7. The van der Waals surface area contributed by atoms with Crippen molar-refractivity contribution in [3.63, 3.8) is 0 Å². The molecule has 1 aromatic carbocycles. The van der Waals surface area contributed by atoms with Crippen molar-refractivity contribution >= 4 is 23.5 Å². The molecule has 5 N–H and O–H groups in total. The van der Waals surface area contributed by atoms with E-state index in [0.29, 0.717) is 17.5 Å². The Morgan fingerprint density at radius 1 is 1.12 bits per heavy atom. The van der Waals surface area contributed by atoms with Gasteiger partial charge in [-0.2, -0.15) is 0 Å². The molecule has 32 heavy (non-hydrogen) atoms. The predicted molar refractivity (Wildman–Crippen MR) is 120 cm³/mol. The molecule has 1 aliphatic heterocycles. The Hall–Kier alpha value is -1.49. The zero-order valence-electron chi connectivity index (χ0n) is 18.6. The summed E-state index contributed by atoms with van der Waals surface area (Å²) in [5.74, 6) is -0.464. The molecule has 1 aromatic rings. The van der Waals surface area contributed by atoms with E-state index in [1.165, 1.54) is 18.7 Å². The minimum atomic E-state index is -1.41. The van der Waals surface area contributed by atoms with Gasteiger partial charge >= 0.3 is 0 Å². The van der Waals surface area contributed by atoms with Crippen LogP contribution in [0.2, 0.25) is 0 Å². The Morgan fingerprint density at radius 3 is 2.41 bits per heavy atom. The van der Waals surface area contributed by atoms with Gasteiger partial charge in [0.05, 0.1) is 12.2 Å². The first kappa shape index (κ1) is 25.1. The summed E-state index contributed by atoms with van der Waals surface area (Å²) in [7, 11) is 0. The average molecular weight is 468 g/mol. The highest BCUT2D eigenvalue weighted by Gasteiger charge is 2.47. The van der Waals surface area contributed by atoms with Gasteiger partial charge < -0.3 is 30.5 Å². The summed E-state index contributed by atoms with van der Waals surface area (Å²) in [5, 5.41) is 43.0. The molecule has 1 heterocycles. The number of carbonyl (C=O) groups is 2. The first-order chi connectivity index (χ1) is 15.0. The lowest BCUT2D eigenvalue weighted by Crippen LogP contribution is -2.58. The maximum Gasteiger partial charge on any atom is 0.252 e. The zero-order chi connectivity index (χ0) is 23.6. The van der Waals surface area contributed by atoms with Crippen LogP contribution in [0.1, 0.15) is 60.7 Å². The molecule has 1 aliphatic carbocycles. The number of thioether (sulfide) groups is 1. The molecule has 0 bridgehead atoms. The van der Waals surface area contributed by atoms with Crippen LogP contribution < -0.4 is 5.32 Å². The first-order valence-electron chi connectivity index (χ1n) is 10.9. The highest BCUT2D eigenvalue weighted by Crippen LogP contribution is 2.46. The second kappa shape index (κ2) is 10.2. The Labute approximate surface area is 192 Å². The van der Waals surface area contributed by atoms with Gasteiger partial charge in [0.15, 0.2) is 5.78 Å². The minimum absolute atomic E-state index is 0.0222. The van der Waals surface area contributed by atoms with E-state index >= 15 is 0 Å². The molecular weight excluding hydrogens is 434 g/mol. The normalized spacial score (nSPS) is 34.7. The van der Waals surface area contributed by atoms with Crippen LogP contribution in [-0.4, -0.2) is 79.9 Å². The van der Waals surface area contributed by atoms with E-state index < -0.39 is 36.5 Å². The lowest BCUT2D eigenvalue weighted by atomic mass is 9.75. The summed E-state index contributed by atoms with van der Waals surface area (Å²) in [6.07, 6.45) is -2.85. The fourth-order valence-electron chi connectivity index (χ4n) is 4.37. The number of rotatable bonds is 6. The standard InChI is InChI=1S/C23H33NO7S/c1-12(26)14-6-4-5-7-15(14)21(30)24-13-8-9-23(2,3)17(10-13)32-22-20(29)19(28)18(27)16(11-25)31-22/h4-7,13,16-20,22,25,27-29H,8-11H2,1-3H3,(H,24,30)/t13?,16?,17?,18-,19?,20?,22-/m0/s1. The second-order valence-electron chi connectivity index (χ2n) is 9.36. The number of amides is 1. The number of hydrogen-bond donors (Lipinski definition) is 5. The zero-order valence-corrected chi connectivity index (χ0v) is 19.4. The number of Topliss-reactive ketones (excluding diaryl/α,β-unsaturated/α-hetero) is 1. The molecule has 7 atom stereocenters. The van der Waals surface area contributed by atoms with E-state index in [2.05, 4.69) is 19.2 Å². The van der Waals surface area contributed by atoms with Crippen LogP contribution in [0, 0.1) is 5.41 Å². The largest absolute Gasteiger partial charge is 0.394 e. The number of ketones is 1. The lowest BCUT2D eigenvalue weighted by molar-refractivity contribution is -0.205. The van der Waals surface area contributed by atoms with Gasteiger partial charge in [-0.05, 0) is 37.7 Å². The predicted octanol–water partition coefficient (Wildman–Crippen LogP) is 1.10. The van der Waals surface area contributed by atoms with Crippen molar-refractivity contribution in [1.82, 2.24) is 5.32 Å². The number of aliphatic hydroxyl groups is 4. The third-order valence-electron chi connectivity index (χ3n) is 6.54. The first-order valence-corrected chi connectivity index (χ1v) is 11.9. The number of benzene rings is 1. The molecule has 1 saturated heterocycles. The molecule has 2 fully saturated rings. The molecule has 178 valence electrons. The smallest absolute Gasteiger partial charge is 0.252 e. The van der Waals surface area contributed by atoms with Gasteiger partial charge in [0.1, 0.15) is 29.9 Å². The van der Waals surface area contributed by atoms with E-state index in [1.54, 1.807) is 24.3 Å². The minimum Gasteiger partial charge on any atom is -0.394 e. The lowest BCUT2D eigenvalue weighted by Gasteiger charge is -2.46. The molecule has 1 saturated carbocycles. The maximum absolute atomic E-state index is 12.9. The summed E-state index contributed by atoms with van der Waals surface area (Å²) in [4.78, 5) is 24.8. The maximum atomic E-state index is 12.9. The SMILES string of the molecule is CC(=O)c1ccccc1C(=O)NC1CCC(C)(C)C(S[C@@H]2OC(CO)[C@H](O)C(O)C2O)C1. The molecule has 0 aromatic heterocycles. The van der Waals surface area contributed by atoms with Gasteiger partial charge in [-0.25, -0.2) is 0 Å². The van der Waals surface area contributed by atoms with Crippen LogP contribution in [0.5, 0.6) is 0 Å². The molecule has 0 radical (unpaired) electrons. The van der Waals surface area contributed by atoms with Gasteiger partial charge in [0.25, 0.3) is 5.91 Å². The van der Waals surface area contributed by atoms with Crippen molar-refractivity contribution in [3.8, 4) is 0 Å². The average Bonchev–Trinajstić information content (AvgIpc) is 2.76. The number of ether oxygens (including phenoxy) is 1. The van der Waals surface area contributed by atoms with Crippen LogP contribution in [0.3, 0.4) is 0 Å². The van der Waals surface area contributed by atoms with Gasteiger partial charge in [-0.3, -0.25) is 9.59 Å². The molecule has 2 aliphatic rings. The number of hydrogen-bond acceptors (Lipinski definition) is 8. The van der Waals surface area contributed by atoms with Crippen LogP contribution >= 0.6 is 11.8 Å². The topological polar surface area (TPSA) is 136 Å². The number of nitrogens with one attached hydrogen (secondary N) is 1. The van der Waals surface area contributed by atoms with E-state index in [1.807, 2.05) is 0 Å². The van der Waals surface area contributed by atoms with Crippen LogP contribution in [0.25, 0.3) is 0 Å². The number of carbonyl (C=O) groups excluding carboxylic acids is 2. The molecular formula is C23H33NO7S. The highest BCUT2D eigenvalue weighted by molar-refractivity contribution is 8.00.